The summed E-state index contributed by atoms with van der Waals surface area (Å²) in [6.45, 7) is 11.7. The van der Waals surface area contributed by atoms with E-state index in [1.54, 1.807) is 4.68 Å². The lowest BCUT2D eigenvalue weighted by Crippen LogP contribution is -2.46. The molecule has 1 N–H and O–H groups in total. The Hall–Kier alpha value is -2.41. The third-order valence-corrected chi connectivity index (χ3v) is 5.14. The average molecular weight is 356 g/mol. The molecule has 2 aromatic heterocycles. The molecule has 2 aromatic rings. The molecule has 0 atom stereocenters. The van der Waals surface area contributed by atoms with E-state index in [0.29, 0.717) is 12.1 Å². The molecule has 0 bridgehead atoms. The van der Waals surface area contributed by atoms with Crippen molar-refractivity contribution < 1.29 is 4.79 Å². The molecular weight excluding hydrogens is 328 g/mol. The average Bonchev–Trinajstić information content (AvgIpc) is 2.92. The smallest absolute Gasteiger partial charge is 0.255 e. The molecule has 140 valence electrons. The second kappa shape index (κ2) is 7.86. The molecule has 1 aliphatic heterocycles. The second-order valence-corrected chi connectivity index (χ2v) is 6.80. The van der Waals surface area contributed by atoms with Gasteiger partial charge in [0.2, 0.25) is 0 Å². The Morgan fingerprint density at radius 2 is 1.92 bits per heavy atom. The van der Waals surface area contributed by atoms with Crippen molar-refractivity contribution in [1.82, 2.24) is 25.0 Å². The van der Waals surface area contributed by atoms with Gasteiger partial charge >= 0.3 is 0 Å². The van der Waals surface area contributed by atoms with Crippen molar-refractivity contribution in [1.29, 1.82) is 0 Å². The number of rotatable bonds is 5. The van der Waals surface area contributed by atoms with Crippen molar-refractivity contribution in [3.8, 4) is 0 Å². The lowest BCUT2D eigenvalue weighted by Gasteiger charge is -2.34. The van der Waals surface area contributed by atoms with E-state index in [4.69, 9.17) is 0 Å². The summed E-state index contributed by atoms with van der Waals surface area (Å²) in [5, 5.41) is 7.27. The number of amides is 1. The van der Waals surface area contributed by atoms with Gasteiger partial charge in [0.05, 0.1) is 11.3 Å². The number of carbonyl (C=O) groups is 1. The van der Waals surface area contributed by atoms with Gasteiger partial charge in [0.1, 0.15) is 5.82 Å². The molecular formula is C19H28N6O. The largest absolute Gasteiger partial charge is 0.354 e. The molecule has 0 unspecified atom stereocenters. The maximum absolute atomic E-state index is 12.4. The van der Waals surface area contributed by atoms with Crippen LogP contribution in [0.3, 0.4) is 0 Å². The van der Waals surface area contributed by atoms with Crippen LogP contribution >= 0.6 is 0 Å². The first kappa shape index (κ1) is 18.4. The molecule has 0 spiro atoms. The summed E-state index contributed by atoms with van der Waals surface area (Å²) in [5.74, 6) is 0.919. The van der Waals surface area contributed by atoms with Crippen LogP contribution in [0.5, 0.6) is 0 Å². The van der Waals surface area contributed by atoms with E-state index in [9.17, 15) is 4.79 Å². The molecule has 7 nitrogen and oxygen atoms in total. The van der Waals surface area contributed by atoms with Crippen molar-refractivity contribution in [3.05, 3.63) is 40.8 Å². The molecule has 1 aliphatic rings. The number of carbonyl (C=O) groups excluding carboxylic acids is 1. The first-order valence-corrected chi connectivity index (χ1v) is 9.20. The van der Waals surface area contributed by atoms with Crippen molar-refractivity contribution in [2.24, 2.45) is 7.05 Å². The molecule has 3 heterocycles. The third kappa shape index (κ3) is 3.88. The summed E-state index contributed by atoms with van der Waals surface area (Å²) < 4.78 is 1.74. The van der Waals surface area contributed by atoms with Gasteiger partial charge in [-0.25, -0.2) is 4.98 Å². The highest BCUT2D eigenvalue weighted by Crippen LogP contribution is 2.15. The minimum atomic E-state index is -0.0899. The van der Waals surface area contributed by atoms with Gasteiger partial charge in [-0.15, -0.1) is 0 Å². The number of aryl methyl sites for hydroxylation is 2. The molecule has 0 radical (unpaired) electrons. The van der Waals surface area contributed by atoms with Crippen LogP contribution < -0.4 is 10.2 Å². The van der Waals surface area contributed by atoms with Crippen LogP contribution in [0.4, 0.5) is 5.82 Å². The molecule has 1 fully saturated rings. The number of hydrogen-bond donors (Lipinski definition) is 1. The van der Waals surface area contributed by atoms with Gasteiger partial charge in [0, 0.05) is 51.7 Å². The quantitative estimate of drug-likeness (QED) is 0.880. The summed E-state index contributed by atoms with van der Waals surface area (Å²) in [6, 6.07) is 4.08. The lowest BCUT2D eigenvalue weighted by atomic mass is 10.2. The first-order valence-electron chi connectivity index (χ1n) is 9.20. The van der Waals surface area contributed by atoms with Crippen LogP contribution in [-0.4, -0.2) is 58.3 Å². The highest BCUT2D eigenvalue weighted by molar-refractivity contribution is 5.96. The molecule has 0 aromatic carbocycles. The molecule has 0 saturated carbocycles. The van der Waals surface area contributed by atoms with Gasteiger partial charge in [-0.3, -0.25) is 9.48 Å². The molecule has 1 saturated heterocycles. The summed E-state index contributed by atoms with van der Waals surface area (Å²) >= 11 is 0. The molecule has 1 amide bonds. The fourth-order valence-corrected chi connectivity index (χ4v) is 3.37. The topological polar surface area (TPSA) is 66.3 Å². The van der Waals surface area contributed by atoms with Crippen LogP contribution in [0.25, 0.3) is 0 Å². The maximum atomic E-state index is 12.4. The van der Waals surface area contributed by atoms with Crippen molar-refractivity contribution >= 4 is 11.7 Å². The Kier molecular flexibility index (Phi) is 5.56. The van der Waals surface area contributed by atoms with E-state index in [1.807, 2.05) is 39.2 Å². The van der Waals surface area contributed by atoms with Crippen LogP contribution in [0.2, 0.25) is 0 Å². The second-order valence-electron chi connectivity index (χ2n) is 6.80. The van der Waals surface area contributed by atoms with Gasteiger partial charge in [0.25, 0.3) is 5.91 Å². The highest BCUT2D eigenvalue weighted by atomic mass is 16.1. The van der Waals surface area contributed by atoms with E-state index in [2.05, 4.69) is 32.1 Å². The molecule has 0 aliphatic carbocycles. The summed E-state index contributed by atoms with van der Waals surface area (Å²) in [5.41, 5.74) is 3.28. The van der Waals surface area contributed by atoms with E-state index < -0.39 is 0 Å². The zero-order chi connectivity index (χ0) is 18.7. The van der Waals surface area contributed by atoms with Gasteiger partial charge in [0.15, 0.2) is 0 Å². The van der Waals surface area contributed by atoms with Gasteiger partial charge in [-0.2, -0.15) is 5.10 Å². The number of nitrogens with one attached hydrogen (secondary N) is 1. The standard InChI is InChI=1S/C19H28N6O/c1-5-24-8-10-25(11-9-24)17-7-6-16(12-20-17)13-21-19(26)18-14(2)22-23(4)15(18)3/h6-7,12H,5,8-11,13H2,1-4H3,(H,21,26). The van der Waals surface area contributed by atoms with Crippen LogP contribution in [0, 0.1) is 13.8 Å². The summed E-state index contributed by atoms with van der Waals surface area (Å²) in [7, 11) is 1.85. The summed E-state index contributed by atoms with van der Waals surface area (Å²) in [6.07, 6.45) is 1.85. The number of nitrogens with zero attached hydrogens (tertiary/aromatic N) is 5. The zero-order valence-corrected chi connectivity index (χ0v) is 16.1. The number of pyridine rings is 1. The van der Waals surface area contributed by atoms with Crippen molar-refractivity contribution in [2.45, 2.75) is 27.3 Å². The Bertz CT molecular complexity index is 759. The zero-order valence-electron chi connectivity index (χ0n) is 16.1. The number of hydrogen-bond acceptors (Lipinski definition) is 5. The number of anilines is 1. The van der Waals surface area contributed by atoms with Crippen molar-refractivity contribution in [2.75, 3.05) is 37.6 Å². The first-order chi connectivity index (χ1) is 12.5. The monoisotopic (exact) mass is 356 g/mol. The van der Waals surface area contributed by atoms with Crippen LogP contribution in [0.1, 0.15) is 34.2 Å². The number of aromatic nitrogens is 3. The Morgan fingerprint density at radius 1 is 1.19 bits per heavy atom. The van der Waals surface area contributed by atoms with Crippen molar-refractivity contribution in [3.63, 3.8) is 0 Å². The third-order valence-electron chi connectivity index (χ3n) is 5.14. The van der Waals surface area contributed by atoms with Gasteiger partial charge in [-0.1, -0.05) is 13.0 Å². The SMILES string of the molecule is CCN1CCN(c2ccc(CNC(=O)c3c(C)nn(C)c3C)cn2)CC1. The van der Waals surface area contributed by atoms with E-state index in [-0.39, 0.29) is 5.91 Å². The van der Waals surface area contributed by atoms with Crippen LogP contribution in [0.15, 0.2) is 18.3 Å². The van der Waals surface area contributed by atoms with E-state index >= 15 is 0 Å². The summed E-state index contributed by atoms with van der Waals surface area (Å²) in [4.78, 5) is 21.8. The highest BCUT2D eigenvalue weighted by Gasteiger charge is 2.18. The number of likely N-dealkylation sites (N-methyl/N-ethyl adjacent to an activating group) is 1. The van der Waals surface area contributed by atoms with Gasteiger partial charge in [-0.05, 0) is 32.0 Å². The molecule has 3 rings (SSSR count). The fraction of sp³-hybridized carbons (Fsp3) is 0.526. The number of piperazine rings is 1. The lowest BCUT2D eigenvalue weighted by molar-refractivity contribution is 0.0949. The Morgan fingerprint density at radius 3 is 2.46 bits per heavy atom. The Labute approximate surface area is 155 Å². The molecule has 26 heavy (non-hydrogen) atoms. The van der Waals surface area contributed by atoms with E-state index in [1.165, 1.54) is 0 Å². The minimum Gasteiger partial charge on any atom is -0.354 e. The van der Waals surface area contributed by atoms with Crippen LogP contribution in [-0.2, 0) is 13.6 Å². The van der Waals surface area contributed by atoms with Gasteiger partial charge < -0.3 is 15.1 Å². The minimum absolute atomic E-state index is 0.0899. The normalized spacial score (nSPS) is 15.3. The molecule has 7 heteroatoms. The fourth-order valence-electron chi connectivity index (χ4n) is 3.37. The predicted octanol–water partition coefficient (Wildman–Crippen LogP) is 1.50. The maximum Gasteiger partial charge on any atom is 0.255 e. The predicted molar refractivity (Wildman–Crippen MR) is 102 cm³/mol. The Balaban J connectivity index is 1.57. The van der Waals surface area contributed by atoms with E-state index in [0.717, 1.165) is 55.5 Å².